The smallest absolute Gasteiger partial charge is 0.0369 e. The van der Waals surface area contributed by atoms with Crippen molar-refractivity contribution in [2.24, 2.45) is 17.6 Å². The van der Waals surface area contributed by atoms with Gasteiger partial charge in [0.25, 0.3) is 0 Å². The topological polar surface area (TPSA) is 32.5 Å². The average molecular weight is 259 g/mol. The summed E-state index contributed by atoms with van der Waals surface area (Å²) in [5, 5.41) is 0. The second-order valence-electron chi connectivity index (χ2n) is 6.49. The molecule has 2 bridgehead atoms. The zero-order valence-corrected chi connectivity index (χ0v) is 12.3. The molecule has 0 amide bonds. The molecule has 2 atom stereocenters. The maximum absolute atomic E-state index is 6.39. The van der Waals surface area contributed by atoms with Gasteiger partial charge < -0.3 is 15.5 Å². The standard InChI is InChI=1S/C16H25N3/c1-11-4-5-15(6-12(11)2)19-9-13-7-18(3)8-14(10-19)16(13)17/h4-6,13-14,16H,7-10,17H2,1-3H3. The van der Waals surface area contributed by atoms with Crippen LogP contribution in [-0.4, -0.2) is 44.2 Å². The van der Waals surface area contributed by atoms with E-state index in [1.807, 2.05) is 0 Å². The van der Waals surface area contributed by atoms with Crippen LogP contribution in [0, 0.1) is 25.7 Å². The van der Waals surface area contributed by atoms with E-state index in [1.54, 1.807) is 0 Å². The van der Waals surface area contributed by atoms with Gasteiger partial charge in [0.05, 0.1) is 0 Å². The van der Waals surface area contributed by atoms with Crippen LogP contribution in [0.1, 0.15) is 11.1 Å². The van der Waals surface area contributed by atoms with E-state index in [9.17, 15) is 0 Å². The first-order valence-electron chi connectivity index (χ1n) is 7.31. The number of rotatable bonds is 1. The largest absolute Gasteiger partial charge is 0.371 e. The number of nitrogens with two attached hydrogens (primary N) is 1. The van der Waals surface area contributed by atoms with Crippen molar-refractivity contribution < 1.29 is 0 Å². The number of anilines is 1. The van der Waals surface area contributed by atoms with E-state index in [0.29, 0.717) is 17.9 Å². The molecule has 2 heterocycles. The molecule has 2 N–H and O–H groups in total. The second kappa shape index (κ2) is 4.80. The van der Waals surface area contributed by atoms with E-state index in [1.165, 1.54) is 16.8 Å². The third-order valence-electron chi connectivity index (χ3n) is 4.95. The summed E-state index contributed by atoms with van der Waals surface area (Å²) in [6, 6.07) is 7.21. The number of hydrogen-bond acceptors (Lipinski definition) is 3. The number of piperidine rings is 2. The van der Waals surface area contributed by atoms with Crippen LogP contribution in [0.5, 0.6) is 0 Å². The first kappa shape index (κ1) is 12.9. The summed E-state index contributed by atoms with van der Waals surface area (Å²) in [5.41, 5.74) is 10.5. The van der Waals surface area contributed by atoms with Gasteiger partial charge in [-0.2, -0.15) is 0 Å². The molecule has 104 valence electrons. The molecule has 2 unspecified atom stereocenters. The van der Waals surface area contributed by atoms with Crippen molar-refractivity contribution >= 4 is 5.69 Å². The maximum Gasteiger partial charge on any atom is 0.0369 e. The average Bonchev–Trinajstić information content (AvgIpc) is 2.34. The highest BCUT2D eigenvalue weighted by Gasteiger charge is 2.39. The third-order valence-corrected chi connectivity index (χ3v) is 4.95. The quantitative estimate of drug-likeness (QED) is 0.832. The van der Waals surface area contributed by atoms with Crippen LogP contribution < -0.4 is 10.6 Å². The molecular formula is C16H25N3. The molecule has 2 aliphatic rings. The van der Waals surface area contributed by atoms with Crippen LogP contribution in [0.15, 0.2) is 18.2 Å². The van der Waals surface area contributed by atoms with Gasteiger partial charge >= 0.3 is 0 Å². The number of nitrogens with zero attached hydrogens (tertiary/aromatic N) is 2. The summed E-state index contributed by atoms with van der Waals surface area (Å²) in [5.74, 6) is 1.22. The first-order chi connectivity index (χ1) is 9.04. The number of benzene rings is 1. The Morgan fingerprint density at radius 2 is 1.63 bits per heavy atom. The van der Waals surface area contributed by atoms with E-state index in [-0.39, 0.29) is 0 Å². The zero-order chi connectivity index (χ0) is 13.6. The zero-order valence-electron chi connectivity index (χ0n) is 12.3. The molecule has 0 aromatic heterocycles. The first-order valence-corrected chi connectivity index (χ1v) is 7.31. The molecule has 3 nitrogen and oxygen atoms in total. The maximum atomic E-state index is 6.39. The number of likely N-dealkylation sites (tertiary alicyclic amines) is 1. The van der Waals surface area contributed by atoms with E-state index in [0.717, 1.165) is 26.2 Å². The minimum atomic E-state index is 0.388. The molecule has 2 fully saturated rings. The van der Waals surface area contributed by atoms with E-state index >= 15 is 0 Å². The number of fused-ring (bicyclic) bond motifs is 2. The Balaban J connectivity index is 1.82. The van der Waals surface area contributed by atoms with Crippen molar-refractivity contribution in [2.45, 2.75) is 19.9 Å². The summed E-state index contributed by atoms with van der Waals surface area (Å²) < 4.78 is 0. The van der Waals surface area contributed by atoms with Crippen LogP contribution >= 0.6 is 0 Å². The normalized spacial score (nSPS) is 31.6. The third kappa shape index (κ3) is 2.37. The molecule has 2 saturated heterocycles. The summed E-state index contributed by atoms with van der Waals surface area (Å²) in [6.45, 7) is 8.85. The van der Waals surface area contributed by atoms with Gasteiger partial charge in [0.1, 0.15) is 0 Å². The number of aryl methyl sites for hydroxylation is 2. The molecule has 3 heteroatoms. The Kier molecular flexibility index (Phi) is 3.27. The molecule has 0 saturated carbocycles. The van der Waals surface area contributed by atoms with Crippen LogP contribution in [0.4, 0.5) is 5.69 Å². The van der Waals surface area contributed by atoms with E-state index < -0.39 is 0 Å². The van der Waals surface area contributed by atoms with Crippen molar-refractivity contribution in [3.8, 4) is 0 Å². The van der Waals surface area contributed by atoms with Crippen LogP contribution in [0.2, 0.25) is 0 Å². The highest BCUT2D eigenvalue weighted by molar-refractivity contribution is 5.51. The predicted molar refractivity (Wildman–Crippen MR) is 80.6 cm³/mol. The van der Waals surface area contributed by atoms with Gasteiger partial charge in [-0.15, -0.1) is 0 Å². The van der Waals surface area contributed by atoms with Crippen molar-refractivity contribution in [3.05, 3.63) is 29.3 Å². The molecule has 1 aromatic rings. The van der Waals surface area contributed by atoms with Gasteiger partial charge in [0.2, 0.25) is 0 Å². The monoisotopic (exact) mass is 259 g/mol. The second-order valence-corrected chi connectivity index (χ2v) is 6.49. The minimum absolute atomic E-state index is 0.388. The highest BCUT2D eigenvalue weighted by atomic mass is 15.2. The minimum Gasteiger partial charge on any atom is -0.371 e. The molecule has 19 heavy (non-hydrogen) atoms. The lowest BCUT2D eigenvalue weighted by atomic mass is 9.80. The Hall–Kier alpha value is -1.06. The summed E-state index contributed by atoms with van der Waals surface area (Å²) in [7, 11) is 2.22. The highest BCUT2D eigenvalue weighted by Crippen LogP contribution is 2.31. The number of hydrogen-bond donors (Lipinski definition) is 1. The van der Waals surface area contributed by atoms with Gasteiger partial charge in [-0.1, -0.05) is 6.07 Å². The lowest BCUT2D eigenvalue weighted by Gasteiger charge is -2.49. The van der Waals surface area contributed by atoms with E-state index in [4.69, 9.17) is 5.73 Å². The van der Waals surface area contributed by atoms with Crippen LogP contribution in [0.3, 0.4) is 0 Å². The molecule has 0 aliphatic carbocycles. The summed E-state index contributed by atoms with van der Waals surface area (Å²) >= 11 is 0. The van der Waals surface area contributed by atoms with Crippen molar-refractivity contribution in [1.29, 1.82) is 0 Å². The van der Waals surface area contributed by atoms with Gasteiger partial charge in [0, 0.05) is 49.7 Å². The Morgan fingerprint density at radius 1 is 1.00 bits per heavy atom. The SMILES string of the molecule is Cc1ccc(N2CC3CN(C)CC(C2)C3N)cc1C. The lowest BCUT2D eigenvalue weighted by Crippen LogP contribution is -2.62. The van der Waals surface area contributed by atoms with Gasteiger partial charge in [-0.05, 0) is 44.2 Å². The van der Waals surface area contributed by atoms with Gasteiger partial charge in [-0.3, -0.25) is 0 Å². The Labute approximate surface area is 116 Å². The van der Waals surface area contributed by atoms with Crippen LogP contribution in [0.25, 0.3) is 0 Å². The predicted octanol–water partition coefficient (Wildman–Crippen LogP) is 1.63. The fourth-order valence-corrected chi connectivity index (χ4v) is 3.64. The molecule has 0 spiro atoms. The van der Waals surface area contributed by atoms with Crippen molar-refractivity contribution in [2.75, 3.05) is 38.1 Å². The van der Waals surface area contributed by atoms with Crippen molar-refractivity contribution in [1.82, 2.24) is 4.90 Å². The lowest BCUT2D eigenvalue weighted by molar-refractivity contribution is 0.107. The fourth-order valence-electron chi connectivity index (χ4n) is 3.64. The van der Waals surface area contributed by atoms with Gasteiger partial charge in [0.15, 0.2) is 0 Å². The molecule has 3 rings (SSSR count). The van der Waals surface area contributed by atoms with Crippen LogP contribution in [-0.2, 0) is 0 Å². The van der Waals surface area contributed by atoms with E-state index in [2.05, 4.69) is 48.9 Å². The molecule has 2 aliphatic heterocycles. The molecule has 1 aromatic carbocycles. The van der Waals surface area contributed by atoms with Crippen molar-refractivity contribution in [3.63, 3.8) is 0 Å². The Morgan fingerprint density at radius 3 is 2.21 bits per heavy atom. The summed E-state index contributed by atoms with van der Waals surface area (Å²) in [4.78, 5) is 4.98. The van der Waals surface area contributed by atoms with Gasteiger partial charge in [-0.25, -0.2) is 0 Å². The summed E-state index contributed by atoms with van der Waals surface area (Å²) in [6.07, 6.45) is 0. The Bertz CT molecular complexity index is 455. The molecular weight excluding hydrogens is 234 g/mol. The fraction of sp³-hybridized carbons (Fsp3) is 0.625. The molecule has 0 radical (unpaired) electrons.